The van der Waals surface area contributed by atoms with Crippen molar-refractivity contribution in [3.05, 3.63) is 0 Å². The molecule has 0 amide bonds. The van der Waals surface area contributed by atoms with E-state index < -0.39 is 0 Å². The molecular formula is C16H34N2S. The van der Waals surface area contributed by atoms with Gasteiger partial charge < -0.3 is 10.2 Å². The summed E-state index contributed by atoms with van der Waals surface area (Å²) in [5.74, 6) is 3.83. The van der Waals surface area contributed by atoms with E-state index in [4.69, 9.17) is 0 Å². The predicted molar refractivity (Wildman–Crippen MR) is 89.0 cm³/mol. The highest BCUT2D eigenvalue weighted by Gasteiger charge is 2.32. The maximum Gasteiger partial charge on any atom is 0.0155 e. The largest absolute Gasteiger partial charge is 0.317 e. The van der Waals surface area contributed by atoms with E-state index in [1.54, 1.807) is 0 Å². The van der Waals surface area contributed by atoms with Crippen LogP contribution >= 0.6 is 11.8 Å². The van der Waals surface area contributed by atoms with Gasteiger partial charge in [-0.25, -0.2) is 0 Å². The van der Waals surface area contributed by atoms with Crippen molar-refractivity contribution in [1.29, 1.82) is 0 Å². The minimum absolute atomic E-state index is 0.687. The molecule has 0 aromatic carbocycles. The van der Waals surface area contributed by atoms with Gasteiger partial charge in [-0.3, -0.25) is 0 Å². The first-order chi connectivity index (χ1) is 8.99. The SMILES string of the molecule is CNC1CCC(C(C)C)CC1CN(C)C(C)CSC. The summed E-state index contributed by atoms with van der Waals surface area (Å²) in [5, 5.41) is 3.56. The van der Waals surface area contributed by atoms with Crippen LogP contribution < -0.4 is 5.32 Å². The topological polar surface area (TPSA) is 15.3 Å². The first-order valence-corrected chi connectivity index (χ1v) is 9.25. The fraction of sp³-hybridized carbons (Fsp3) is 1.00. The van der Waals surface area contributed by atoms with Crippen molar-refractivity contribution in [2.75, 3.05) is 32.6 Å². The van der Waals surface area contributed by atoms with Gasteiger partial charge in [0.2, 0.25) is 0 Å². The lowest BCUT2D eigenvalue weighted by Crippen LogP contribution is -2.46. The Morgan fingerprint density at radius 2 is 1.95 bits per heavy atom. The molecule has 4 unspecified atom stereocenters. The molecule has 1 N–H and O–H groups in total. The zero-order chi connectivity index (χ0) is 14.4. The van der Waals surface area contributed by atoms with Crippen LogP contribution in [0.3, 0.4) is 0 Å². The van der Waals surface area contributed by atoms with Crippen molar-refractivity contribution in [1.82, 2.24) is 10.2 Å². The van der Waals surface area contributed by atoms with E-state index in [0.717, 1.165) is 23.8 Å². The van der Waals surface area contributed by atoms with Crippen LogP contribution in [-0.2, 0) is 0 Å². The molecule has 3 heteroatoms. The van der Waals surface area contributed by atoms with Crippen molar-refractivity contribution in [3.63, 3.8) is 0 Å². The number of rotatable bonds is 7. The van der Waals surface area contributed by atoms with E-state index in [1.165, 1.54) is 31.6 Å². The summed E-state index contributed by atoms with van der Waals surface area (Å²) in [4.78, 5) is 2.56. The van der Waals surface area contributed by atoms with E-state index >= 15 is 0 Å². The van der Waals surface area contributed by atoms with E-state index in [1.807, 2.05) is 11.8 Å². The van der Waals surface area contributed by atoms with Crippen LogP contribution in [0.5, 0.6) is 0 Å². The first-order valence-electron chi connectivity index (χ1n) is 7.86. The van der Waals surface area contributed by atoms with Crippen LogP contribution in [0, 0.1) is 17.8 Å². The minimum atomic E-state index is 0.687. The second-order valence-electron chi connectivity index (χ2n) is 6.72. The first kappa shape index (κ1) is 17.3. The standard InChI is InChI=1S/C16H34N2S/c1-12(2)14-7-8-16(17-4)15(9-14)10-18(5)13(3)11-19-6/h12-17H,7-11H2,1-6H3. The zero-order valence-corrected chi connectivity index (χ0v) is 14.6. The summed E-state index contributed by atoms with van der Waals surface area (Å²) in [6, 6.07) is 1.41. The monoisotopic (exact) mass is 286 g/mol. The second kappa shape index (κ2) is 8.53. The number of nitrogens with one attached hydrogen (secondary N) is 1. The third-order valence-electron chi connectivity index (χ3n) is 5.02. The zero-order valence-electron chi connectivity index (χ0n) is 13.8. The van der Waals surface area contributed by atoms with E-state index in [-0.39, 0.29) is 0 Å². The highest BCUT2D eigenvalue weighted by molar-refractivity contribution is 7.98. The van der Waals surface area contributed by atoms with E-state index in [9.17, 15) is 0 Å². The Kier molecular flexibility index (Phi) is 7.78. The fourth-order valence-corrected chi connectivity index (χ4v) is 4.14. The molecule has 0 bridgehead atoms. The molecule has 1 fully saturated rings. The van der Waals surface area contributed by atoms with Crippen LogP contribution in [0.25, 0.3) is 0 Å². The Bertz CT molecular complexity index is 245. The normalized spacial score (nSPS) is 30.0. The van der Waals surface area contributed by atoms with Gasteiger partial charge in [0.05, 0.1) is 0 Å². The molecule has 0 radical (unpaired) electrons. The molecule has 1 aliphatic carbocycles. The van der Waals surface area contributed by atoms with Crippen molar-refractivity contribution >= 4 is 11.8 Å². The lowest BCUT2D eigenvalue weighted by molar-refractivity contribution is 0.125. The fourth-order valence-electron chi connectivity index (χ4n) is 3.41. The Balaban J connectivity index is 2.55. The van der Waals surface area contributed by atoms with Crippen molar-refractivity contribution in [2.45, 2.75) is 52.1 Å². The average molecular weight is 287 g/mol. The average Bonchev–Trinajstić information content (AvgIpc) is 2.38. The molecule has 4 atom stereocenters. The van der Waals surface area contributed by atoms with Crippen LogP contribution in [0.15, 0.2) is 0 Å². The molecule has 0 aromatic heterocycles. The lowest BCUT2D eigenvalue weighted by atomic mass is 9.73. The molecule has 1 rings (SSSR count). The van der Waals surface area contributed by atoms with Gasteiger partial charge in [0, 0.05) is 24.4 Å². The predicted octanol–water partition coefficient (Wildman–Crippen LogP) is 3.33. The molecule has 0 heterocycles. The maximum atomic E-state index is 3.56. The van der Waals surface area contributed by atoms with Gasteiger partial charge in [-0.1, -0.05) is 13.8 Å². The smallest absolute Gasteiger partial charge is 0.0155 e. The highest BCUT2D eigenvalue weighted by Crippen LogP contribution is 2.34. The van der Waals surface area contributed by atoms with Crippen molar-refractivity contribution < 1.29 is 0 Å². The third-order valence-corrected chi connectivity index (χ3v) is 5.84. The summed E-state index contributed by atoms with van der Waals surface area (Å²) in [5.41, 5.74) is 0. The molecule has 1 aliphatic rings. The van der Waals surface area contributed by atoms with Crippen molar-refractivity contribution in [2.24, 2.45) is 17.8 Å². The van der Waals surface area contributed by atoms with E-state index in [0.29, 0.717) is 6.04 Å². The van der Waals surface area contributed by atoms with Gasteiger partial charge in [0.25, 0.3) is 0 Å². The second-order valence-corrected chi connectivity index (χ2v) is 7.63. The molecule has 1 saturated carbocycles. The molecule has 0 aromatic rings. The van der Waals surface area contributed by atoms with E-state index in [2.05, 4.69) is 51.3 Å². The summed E-state index contributed by atoms with van der Waals surface area (Å²) in [6.45, 7) is 8.38. The van der Waals surface area contributed by atoms with Gasteiger partial charge in [0.15, 0.2) is 0 Å². The van der Waals surface area contributed by atoms with Gasteiger partial charge in [-0.15, -0.1) is 0 Å². The van der Waals surface area contributed by atoms with Gasteiger partial charge >= 0.3 is 0 Å². The van der Waals surface area contributed by atoms with Gasteiger partial charge in [-0.05, 0) is 64.3 Å². The lowest BCUT2D eigenvalue weighted by Gasteiger charge is -2.40. The Hall–Kier alpha value is 0.270. The van der Waals surface area contributed by atoms with Crippen molar-refractivity contribution in [3.8, 4) is 0 Å². The molecule has 0 saturated heterocycles. The van der Waals surface area contributed by atoms with Crippen LogP contribution in [-0.4, -0.2) is 49.6 Å². The molecule has 0 aliphatic heterocycles. The molecule has 0 spiro atoms. The number of hydrogen-bond donors (Lipinski definition) is 1. The summed E-state index contributed by atoms with van der Waals surface area (Å²) < 4.78 is 0. The molecular weight excluding hydrogens is 252 g/mol. The van der Waals surface area contributed by atoms with Crippen LogP contribution in [0.2, 0.25) is 0 Å². The third kappa shape index (κ3) is 5.28. The summed E-state index contributed by atoms with van der Waals surface area (Å²) >= 11 is 1.95. The van der Waals surface area contributed by atoms with Gasteiger partial charge in [-0.2, -0.15) is 11.8 Å². The maximum absolute atomic E-state index is 3.56. The molecule has 19 heavy (non-hydrogen) atoms. The number of nitrogens with zero attached hydrogens (tertiary/aromatic N) is 1. The quantitative estimate of drug-likeness (QED) is 0.773. The number of hydrogen-bond acceptors (Lipinski definition) is 3. The number of thioether (sulfide) groups is 1. The molecule has 2 nitrogen and oxygen atoms in total. The minimum Gasteiger partial charge on any atom is -0.317 e. The van der Waals surface area contributed by atoms with Gasteiger partial charge in [0.1, 0.15) is 0 Å². The van der Waals surface area contributed by atoms with Crippen LogP contribution in [0.1, 0.15) is 40.0 Å². The Morgan fingerprint density at radius 1 is 1.26 bits per heavy atom. The summed E-state index contributed by atoms with van der Waals surface area (Å²) in [7, 11) is 4.44. The Morgan fingerprint density at radius 3 is 2.47 bits per heavy atom. The van der Waals surface area contributed by atoms with Crippen LogP contribution in [0.4, 0.5) is 0 Å². The summed E-state index contributed by atoms with van der Waals surface area (Å²) in [6.07, 6.45) is 6.37. The Labute approximate surface area is 125 Å². The molecule has 114 valence electrons. The highest BCUT2D eigenvalue weighted by atomic mass is 32.2.